The topological polar surface area (TPSA) is 213 Å². The predicted molar refractivity (Wildman–Crippen MR) is 383 cm³/mol. The van der Waals surface area contributed by atoms with Gasteiger partial charge in [0.25, 0.3) is 17.7 Å². The molecular formula is C78H74ClN11O6. The van der Waals surface area contributed by atoms with Crippen LogP contribution in [0.25, 0.3) is 50.7 Å². The van der Waals surface area contributed by atoms with Crippen molar-refractivity contribution in [1.29, 1.82) is 0 Å². The Bertz CT molecular complexity index is 4700. The Morgan fingerprint density at radius 1 is 0.427 bits per heavy atom. The van der Waals surface area contributed by atoms with Crippen molar-refractivity contribution < 1.29 is 29.3 Å². The molecule has 0 fully saturated rings. The predicted octanol–water partition coefficient (Wildman–Crippen LogP) is 15.2. The maximum Gasteiger partial charge on any atom is 0.259 e. The molecule has 3 amide bonds. The molecule has 6 aromatic heterocycles. The van der Waals surface area contributed by atoms with E-state index in [1.54, 1.807) is 30.3 Å². The number of benzene rings is 7. The lowest BCUT2D eigenvalue weighted by Gasteiger charge is -2.13. The Labute approximate surface area is 562 Å². The van der Waals surface area contributed by atoms with Crippen molar-refractivity contribution in [2.24, 2.45) is 0 Å². The first-order valence-corrected chi connectivity index (χ1v) is 31.9. The fourth-order valence-electron chi connectivity index (χ4n) is 11.0. The quantitative estimate of drug-likeness (QED) is 0.0378. The van der Waals surface area contributed by atoms with Gasteiger partial charge in [-0.15, -0.1) is 0 Å². The highest BCUT2D eigenvalue weighted by molar-refractivity contribution is 6.30. The number of aliphatic hydroxyl groups excluding tert-OH is 2. The van der Waals surface area contributed by atoms with Gasteiger partial charge < -0.3 is 54.7 Å². The van der Waals surface area contributed by atoms with Crippen molar-refractivity contribution >= 4 is 63.3 Å². The molecule has 0 aliphatic carbocycles. The molecule has 18 heteroatoms. The summed E-state index contributed by atoms with van der Waals surface area (Å²) in [7, 11) is 0. The van der Waals surface area contributed by atoms with Crippen molar-refractivity contribution in [2.75, 3.05) is 42.3 Å². The number of halogens is 1. The number of nitrogens with one attached hydrogen (secondary N) is 5. The van der Waals surface area contributed by atoms with Crippen LogP contribution in [0.3, 0.4) is 0 Å². The Morgan fingerprint density at radius 2 is 0.771 bits per heavy atom. The average molecular weight is 1300 g/mol. The lowest BCUT2D eigenvalue weighted by molar-refractivity contribution is 0.101. The SMILES string of the molecule is Cc1ccc(C(=O)Nc2ccc(-c3cn4cccc(C)c4n3)cc2)c(CNCCO)c1.Cc1ccc(C(=O)Nc2ccc(-c3cn4cccc(C)c4n3)cc2)c(CNCCO)c1.Cc1ccc(C(=O)Nc2ccc(-c3cn4cccc(C)c4n3)cc2)c(Oc2ccc(Cl)cc2)c1. The molecule has 0 aliphatic rings. The summed E-state index contributed by atoms with van der Waals surface area (Å²) in [5, 5.41) is 33.8. The van der Waals surface area contributed by atoms with Crippen LogP contribution in [-0.4, -0.2) is 82.4 Å². The van der Waals surface area contributed by atoms with Crippen molar-refractivity contribution in [3.05, 3.63) is 291 Å². The molecule has 17 nitrogen and oxygen atoms in total. The zero-order valence-electron chi connectivity index (χ0n) is 54.2. The van der Waals surface area contributed by atoms with Gasteiger partial charge in [0.05, 0.1) is 35.9 Å². The fraction of sp³-hybridized carbons (Fsp3) is 0.154. The number of fused-ring (bicyclic) bond motifs is 3. The summed E-state index contributed by atoms with van der Waals surface area (Å²) in [4.78, 5) is 53.0. The number of aryl methyl sites for hydroxylation is 6. The van der Waals surface area contributed by atoms with E-state index in [0.717, 1.165) is 107 Å². The molecule has 13 rings (SSSR count). The molecule has 0 atom stereocenters. The highest BCUT2D eigenvalue weighted by Gasteiger charge is 2.18. The van der Waals surface area contributed by atoms with Crippen LogP contribution in [-0.2, 0) is 13.1 Å². The van der Waals surface area contributed by atoms with Crippen LogP contribution in [0.2, 0.25) is 5.02 Å². The average Bonchev–Trinajstić information content (AvgIpc) is 1.77. The normalized spacial score (nSPS) is 11.0. The molecule has 0 bridgehead atoms. The van der Waals surface area contributed by atoms with E-state index in [1.807, 2.05) is 250 Å². The molecule has 96 heavy (non-hydrogen) atoms. The summed E-state index contributed by atoms with van der Waals surface area (Å²) in [6, 6.07) is 59.3. The van der Waals surface area contributed by atoms with Gasteiger partial charge in [-0.1, -0.05) is 108 Å². The third-order valence-electron chi connectivity index (χ3n) is 16.0. The number of pyridine rings is 3. The number of anilines is 3. The summed E-state index contributed by atoms with van der Waals surface area (Å²) in [6.45, 7) is 14.2. The molecule has 0 radical (unpaired) electrons. The van der Waals surface area contributed by atoms with Gasteiger partial charge in [-0.25, -0.2) is 15.0 Å². The van der Waals surface area contributed by atoms with Gasteiger partial charge in [0.15, 0.2) is 0 Å². The van der Waals surface area contributed by atoms with E-state index in [9.17, 15) is 14.4 Å². The van der Waals surface area contributed by atoms with Crippen LogP contribution in [0.1, 0.15) is 75.6 Å². The van der Waals surface area contributed by atoms with E-state index in [2.05, 4.69) is 26.6 Å². The molecule has 7 aromatic carbocycles. The van der Waals surface area contributed by atoms with E-state index in [0.29, 0.717) is 65.1 Å². The minimum Gasteiger partial charge on any atom is -0.457 e. The largest absolute Gasteiger partial charge is 0.457 e. The van der Waals surface area contributed by atoms with E-state index in [4.69, 9.17) is 41.5 Å². The number of rotatable bonds is 19. The minimum atomic E-state index is -0.250. The number of aromatic nitrogens is 6. The third kappa shape index (κ3) is 16.5. The van der Waals surface area contributed by atoms with E-state index < -0.39 is 0 Å². The van der Waals surface area contributed by atoms with Crippen LogP contribution >= 0.6 is 11.6 Å². The molecule has 7 N–H and O–H groups in total. The van der Waals surface area contributed by atoms with Crippen molar-refractivity contribution in [3.63, 3.8) is 0 Å². The van der Waals surface area contributed by atoms with Gasteiger partial charge in [0, 0.05) is 113 Å². The molecule has 13 aromatic rings. The number of aliphatic hydroxyl groups is 2. The maximum absolute atomic E-state index is 13.1. The smallest absolute Gasteiger partial charge is 0.259 e. The van der Waals surface area contributed by atoms with Crippen molar-refractivity contribution in [3.8, 4) is 45.3 Å². The summed E-state index contributed by atoms with van der Waals surface area (Å²) in [5.74, 6) is 0.529. The highest BCUT2D eigenvalue weighted by atomic mass is 35.5. The zero-order chi connectivity index (χ0) is 67.2. The molecule has 484 valence electrons. The summed E-state index contributed by atoms with van der Waals surface area (Å²) < 4.78 is 12.0. The standard InChI is InChI=1S/C28H22ClN3O2.2C25H26N4O2/c1-18-5-14-24(26(16-18)34-23-12-8-21(29)9-13-23)28(33)30-22-10-6-20(7-11-22)25-17-32-15-3-4-19(2)27(32)31-25;2*1-17-5-10-22(20(14-17)15-26-11-13-30)25(31)27-21-8-6-19(7-9-21)23-16-29-12-3-4-18(2)24(29)28-23/h3-17H,1-2H3,(H,30,33);2*3-10,12,14,16,26,30H,11,13,15H2,1-2H3,(H,27,31). The van der Waals surface area contributed by atoms with Crippen LogP contribution in [0.4, 0.5) is 17.1 Å². The first-order valence-electron chi connectivity index (χ1n) is 31.5. The van der Waals surface area contributed by atoms with Crippen LogP contribution in [0, 0.1) is 41.5 Å². The number of hydrogen-bond acceptors (Lipinski definition) is 11. The van der Waals surface area contributed by atoms with Gasteiger partial charge in [0.1, 0.15) is 28.4 Å². The molecule has 0 spiro atoms. The van der Waals surface area contributed by atoms with E-state index in [1.165, 1.54) is 0 Å². The lowest BCUT2D eigenvalue weighted by Crippen LogP contribution is -2.21. The first-order chi connectivity index (χ1) is 46.5. The number of carbonyl (C=O) groups excluding carboxylic acids is 3. The van der Waals surface area contributed by atoms with Crippen molar-refractivity contribution in [1.82, 2.24) is 38.8 Å². The Morgan fingerprint density at radius 3 is 1.12 bits per heavy atom. The third-order valence-corrected chi connectivity index (χ3v) is 16.2. The Balaban J connectivity index is 0.000000147. The van der Waals surface area contributed by atoms with Crippen LogP contribution < -0.4 is 31.3 Å². The van der Waals surface area contributed by atoms with Crippen LogP contribution in [0.15, 0.2) is 225 Å². The number of amides is 3. The number of ether oxygens (including phenoxy) is 1. The van der Waals surface area contributed by atoms with Gasteiger partial charge in [-0.3, -0.25) is 14.4 Å². The van der Waals surface area contributed by atoms with Gasteiger partial charge in [0.2, 0.25) is 0 Å². The summed E-state index contributed by atoms with van der Waals surface area (Å²) >= 11 is 5.96. The molecule has 0 saturated heterocycles. The number of hydrogen-bond donors (Lipinski definition) is 7. The van der Waals surface area contributed by atoms with Gasteiger partial charge in [-0.2, -0.15) is 0 Å². The first kappa shape index (κ1) is 66.4. The highest BCUT2D eigenvalue weighted by Crippen LogP contribution is 2.31. The number of nitrogens with zero attached hydrogens (tertiary/aromatic N) is 6. The zero-order valence-corrected chi connectivity index (χ0v) is 54.9. The molecule has 0 saturated carbocycles. The molecular weight excluding hydrogens is 1220 g/mol. The van der Waals surface area contributed by atoms with Crippen LogP contribution in [0.5, 0.6) is 11.5 Å². The Kier molecular flexibility index (Phi) is 21.3. The molecule has 6 heterocycles. The number of carbonyl (C=O) groups is 3. The summed E-state index contributed by atoms with van der Waals surface area (Å²) in [6.07, 6.45) is 12.0. The fourth-order valence-corrected chi connectivity index (χ4v) is 11.1. The molecule has 0 aliphatic heterocycles. The number of imidazole rings is 3. The van der Waals surface area contributed by atoms with E-state index >= 15 is 0 Å². The maximum atomic E-state index is 13.1. The minimum absolute atomic E-state index is 0.0611. The summed E-state index contributed by atoms with van der Waals surface area (Å²) in [5.41, 5.74) is 20.6. The van der Waals surface area contributed by atoms with Gasteiger partial charge >= 0.3 is 0 Å². The van der Waals surface area contributed by atoms with Gasteiger partial charge in [-0.05, 0) is 178 Å². The van der Waals surface area contributed by atoms with Crippen molar-refractivity contribution in [2.45, 2.75) is 54.6 Å². The lowest BCUT2D eigenvalue weighted by atomic mass is 10.0. The Hall–Kier alpha value is -11.1. The second-order valence-corrected chi connectivity index (χ2v) is 23.9. The monoisotopic (exact) mass is 1300 g/mol. The second kappa shape index (κ2) is 30.8. The van der Waals surface area contributed by atoms with E-state index in [-0.39, 0.29) is 30.9 Å². The second-order valence-electron chi connectivity index (χ2n) is 23.4. The molecule has 0 unspecified atom stereocenters.